The van der Waals surface area contributed by atoms with Gasteiger partial charge >= 0.3 is 0 Å². The molecule has 1 aromatic carbocycles. The van der Waals surface area contributed by atoms with Crippen LogP contribution in [0.5, 0.6) is 0 Å². The number of carbonyl (C=O) groups excluding carboxylic acids is 1. The first-order valence-electron chi connectivity index (χ1n) is 9.57. The molecule has 0 fully saturated rings. The van der Waals surface area contributed by atoms with Gasteiger partial charge in [-0.2, -0.15) is 4.98 Å². The first kappa shape index (κ1) is 19.1. The Kier molecular flexibility index (Phi) is 4.79. The van der Waals surface area contributed by atoms with Crippen LogP contribution in [0.15, 0.2) is 77.4 Å². The normalized spacial score (nSPS) is 15.4. The maximum atomic E-state index is 14.9. The van der Waals surface area contributed by atoms with Crippen molar-refractivity contribution in [3.05, 3.63) is 88.8 Å². The molecule has 7 nitrogen and oxygen atoms in total. The fraction of sp³-hybridized carbons (Fsp3) is 0.0909. The number of allylic oxidation sites excluding steroid dienone is 1. The van der Waals surface area contributed by atoms with Gasteiger partial charge in [-0.25, -0.2) is 14.1 Å². The molecule has 0 bridgehead atoms. The van der Waals surface area contributed by atoms with Crippen LogP contribution >= 0.6 is 11.3 Å². The van der Waals surface area contributed by atoms with Crippen LogP contribution < -0.4 is 10.6 Å². The van der Waals surface area contributed by atoms with Gasteiger partial charge in [-0.1, -0.05) is 30.3 Å². The zero-order valence-corrected chi connectivity index (χ0v) is 17.2. The standard InChI is InChI=1S/C22H17FN6OS/c1-13-18(21(30)26-17-10-4-5-11-24-17)19(14-7-2-3-8-15(14)23)29-22(25-13)27-20(28-29)16-9-6-12-31-16/h2-12,19H,1H3,(H,24,26,30)(H,25,27,28). The summed E-state index contributed by atoms with van der Waals surface area (Å²) < 4.78 is 16.5. The summed E-state index contributed by atoms with van der Waals surface area (Å²) in [6.45, 7) is 1.77. The summed E-state index contributed by atoms with van der Waals surface area (Å²) in [5, 5.41) is 12.5. The summed E-state index contributed by atoms with van der Waals surface area (Å²) in [6, 6.07) is 14.7. The van der Waals surface area contributed by atoms with Crippen molar-refractivity contribution >= 4 is 29.0 Å². The zero-order chi connectivity index (χ0) is 21.4. The minimum absolute atomic E-state index is 0.332. The lowest BCUT2D eigenvalue weighted by Gasteiger charge is -2.28. The number of hydrogen-bond donors (Lipinski definition) is 2. The van der Waals surface area contributed by atoms with Crippen LogP contribution in [0.1, 0.15) is 18.5 Å². The topological polar surface area (TPSA) is 84.7 Å². The molecule has 1 atom stereocenters. The van der Waals surface area contributed by atoms with Gasteiger partial charge in [0.15, 0.2) is 5.82 Å². The summed E-state index contributed by atoms with van der Waals surface area (Å²) in [7, 11) is 0. The number of anilines is 2. The van der Waals surface area contributed by atoms with E-state index in [9.17, 15) is 9.18 Å². The van der Waals surface area contributed by atoms with Crippen molar-refractivity contribution in [2.75, 3.05) is 10.6 Å². The third-order valence-electron chi connectivity index (χ3n) is 4.95. The highest BCUT2D eigenvalue weighted by Crippen LogP contribution is 2.38. The second-order valence-corrected chi connectivity index (χ2v) is 7.89. The summed E-state index contributed by atoms with van der Waals surface area (Å²) in [6.07, 6.45) is 1.59. The van der Waals surface area contributed by atoms with Crippen molar-refractivity contribution in [2.24, 2.45) is 0 Å². The average Bonchev–Trinajstić information content (AvgIpc) is 3.43. The Hall–Kier alpha value is -3.85. The van der Waals surface area contributed by atoms with Crippen LogP contribution in [0, 0.1) is 5.82 Å². The number of fused-ring (bicyclic) bond motifs is 1. The van der Waals surface area contributed by atoms with E-state index in [1.54, 1.807) is 54.2 Å². The Balaban J connectivity index is 1.63. The van der Waals surface area contributed by atoms with Crippen molar-refractivity contribution in [2.45, 2.75) is 13.0 Å². The highest BCUT2D eigenvalue weighted by atomic mass is 32.1. The van der Waals surface area contributed by atoms with E-state index >= 15 is 0 Å². The number of nitrogens with zero attached hydrogens (tertiary/aromatic N) is 4. The lowest BCUT2D eigenvalue weighted by Crippen LogP contribution is -2.32. The fourth-order valence-electron chi connectivity index (χ4n) is 3.56. The lowest BCUT2D eigenvalue weighted by molar-refractivity contribution is -0.113. The molecule has 1 aliphatic rings. The molecule has 0 radical (unpaired) electrons. The number of carbonyl (C=O) groups is 1. The van der Waals surface area contributed by atoms with Crippen LogP contribution in [0.4, 0.5) is 16.2 Å². The van der Waals surface area contributed by atoms with Gasteiger partial charge in [-0.05, 0) is 36.6 Å². The molecule has 1 aliphatic heterocycles. The number of rotatable bonds is 4. The molecular formula is C22H17FN6OS. The van der Waals surface area contributed by atoms with Crippen molar-refractivity contribution in [3.8, 4) is 10.7 Å². The number of pyridine rings is 1. The van der Waals surface area contributed by atoms with E-state index in [1.165, 1.54) is 17.4 Å². The van der Waals surface area contributed by atoms with Crippen molar-refractivity contribution in [1.82, 2.24) is 19.7 Å². The Bertz CT molecular complexity index is 1280. The summed E-state index contributed by atoms with van der Waals surface area (Å²) in [4.78, 5) is 22.9. The molecule has 0 saturated carbocycles. The number of hydrogen-bond acceptors (Lipinski definition) is 6. The predicted molar refractivity (Wildman–Crippen MR) is 117 cm³/mol. The quantitative estimate of drug-likeness (QED) is 0.497. The first-order chi connectivity index (χ1) is 15.1. The maximum absolute atomic E-state index is 14.9. The molecule has 3 aromatic heterocycles. The van der Waals surface area contributed by atoms with Gasteiger partial charge in [0.2, 0.25) is 5.95 Å². The van der Waals surface area contributed by atoms with Crippen LogP contribution in [0.3, 0.4) is 0 Å². The molecule has 1 unspecified atom stereocenters. The van der Waals surface area contributed by atoms with Gasteiger partial charge < -0.3 is 10.6 Å². The van der Waals surface area contributed by atoms with Gasteiger partial charge in [0.1, 0.15) is 17.7 Å². The van der Waals surface area contributed by atoms with Gasteiger partial charge in [-0.15, -0.1) is 16.4 Å². The lowest BCUT2D eigenvalue weighted by atomic mass is 9.94. The molecule has 9 heteroatoms. The smallest absolute Gasteiger partial charge is 0.257 e. The van der Waals surface area contributed by atoms with Gasteiger partial charge in [0, 0.05) is 17.5 Å². The molecule has 5 rings (SSSR count). The average molecular weight is 432 g/mol. The van der Waals surface area contributed by atoms with Crippen LogP contribution in [-0.2, 0) is 4.79 Å². The number of benzene rings is 1. The summed E-state index contributed by atoms with van der Waals surface area (Å²) in [5.41, 5.74) is 1.24. The molecule has 1 amide bonds. The predicted octanol–water partition coefficient (Wildman–Crippen LogP) is 4.47. The molecule has 0 saturated heterocycles. The Morgan fingerprint density at radius 2 is 2.00 bits per heavy atom. The fourth-order valence-corrected chi connectivity index (χ4v) is 4.21. The van der Waals surface area contributed by atoms with Crippen LogP contribution in [0.25, 0.3) is 10.7 Å². The molecule has 0 aliphatic carbocycles. The monoisotopic (exact) mass is 432 g/mol. The molecule has 31 heavy (non-hydrogen) atoms. The summed E-state index contributed by atoms with van der Waals surface area (Å²) in [5.74, 6) is 0.547. The van der Waals surface area contributed by atoms with E-state index < -0.39 is 17.8 Å². The third-order valence-corrected chi connectivity index (χ3v) is 5.81. The molecule has 4 aromatic rings. The van der Waals surface area contributed by atoms with Crippen molar-refractivity contribution < 1.29 is 9.18 Å². The van der Waals surface area contributed by atoms with Gasteiger partial charge in [0.25, 0.3) is 5.91 Å². The Morgan fingerprint density at radius 3 is 2.74 bits per heavy atom. The largest absolute Gasteiger partial charge is 0.328 e. The van der Waals surface area contributed by atoms with Gasteiger partial charge in [0.05, 0.1) is 10.5 Å². The van der Waals surface area contributed by atoms with E-state index in [0.717, 1.165) is 4.88 Å². The Labute approximate surface area is 181 Å². The first-order valence-corrected chi connectivity index (χ1v) is 10.4. The molecule has 4 heterocycles. The minimum Gasteiger partial charge on any atom is -0.328 e. The van der Waals surface area contributed by atoms with E-state index in [0.29, 0.717) is 34.4 Å². The maximum Gasteiger partial charge on any atom is 0.257 e. The highest BCUT2D eigenvalue weighted by Gasteiger charge is 2.36. The zero-order valence-electron chi connectivity index (χ0n) is 16.4. The Morgan fingerprint density at radius 1 is 1.16 bits per heavy atom. The number of amides is 1. The number of nitrogens with one attached hydrogen (secondary N) is 2. The van der Waals surface area contributed by atoms with Crippen molar-refractivity contribution in [3.63, 3.8) is 0 Å². The van der Waals surface area contributed by atoms with E-state index in [1.807, 2.05) is 17.5 Å². The van der Waals surface area contributed by atoms with Crippen LogP contribution in [-0.4, -0.2) is 25.7 Å². The number of halogens is 1. The second-order valence-electron chi connectivity index (χ2n) is 6.94. The van der Waals surface area contributed by atoms with Crippen molar-refractivity contribution in [1.29, 1.82) is 0 Å². The third kappa shape index (κ3) is 3.49. The SMILES string of the molecule is CC1=C(C(=O)Nc2ccccn2)C(c2ccccc2F)n2nc(-c3cccs3)nc2N1. The van der Waals surface area contributed by atoms with Crippen LogP contribution in [0.2, 0.25) is 0 Å². The van der Waals surface area contributed by atoms with Gasteiger partial charge in [-0.3, -0.25) is 4.79 Å². The molecule has 0 spiro atoms. The van der Waals surface area contributed by atoms with E-state index in [-0.39, 0.29) is 0 Å². The minimum atomic E-state index is -0.789. The summed E-state index contributed by atoms with van der Waals surface area (Å²) >= 11 is 1.51. The molecule has 154 valence electrons. The molecule has 2 N–H and O–H groups in total. The molecular weight excluding hydrogens is 415 g/mol. The van der Waals surface area contributed by atoms with E-state index in [4.69, 9.17) is 0 Å². The second kappa shape index (κ2) is 7.77. The van der Waals surface area contributed by atoms with E-state index in [2.05, 4.69) is 25.7 Å². The number of aromatic nitrogens is 4. The highest BCUT2D eigenvalue weighted by molar-refractivity contribution is 7.13. The number of thiophene rings is 1.